The van der Waals surface area contributed by atoms with Crippen molar-refractivity contribution in [1.29, 1.82) is 0 Å². The molecule has 0 aliphatic heterocycles. The van der Waals surface area contributed by atoms with E-state index in [-0.39, 0.29) is 5.78 Å². The van der Waals surface area contributed by atoms with Crippen molar-refractivity contribution in [1.82, 2.24) is 0 Å². The van der Waals surface area contributed by atoms with E-state index in [1.165, 1.54) is 0 Å². The van der Waals surface area contributed by atoms with Crippen LogP contribution in [0.1, 0.15) is 21.5 Å². The van der Waals surface area contributed by atoms with Crippen molar-refractivity contribution in [2.45, 2.75) is 5.88 Å². The van der Waals surface area contributed by atoms with E-state index in [0.29, 0.717) is 22.0 Å². The Balaban J connectivity index is 2.27. The number of carbonyl (C=O) groups excluding carboxylic acids is 1. The summed E-state index contributed by atoms with van der Waals surface area (Å²) in [6.07, 6.45) is 0. The zero-order valence-corrected chi connectivity index (χ0v) is 10.5. The van der Waals surface area contributed by atoms with Gasteiger partial charge in [0.05, 0.1) is 0 Å². The predicted octanol–water partition coefficient (Wildman–Crippen LogP) is 4.31. The summed E-state index contributed by atoms with van der Waals surface area (Å²) in [7, 11) is 0. The molecule has 0 unspecified atom stereocenters. The van der Waals surface area contributed by atoms with Crippen LogP contribution in [0.15, 0.2) is 48.5 Å². The van der Waals surface area contributed by atoms with E-state index in [4.69, 9.17) is 23.2 Å². The quantitative estimate of drug-likeness (QED) is 0.597. The van der Waals surface area contributed by atoms with Crippen LogP contribution in [0.2, 0.25) is 5.02 Å². The molecule has 0 bridgehead atoms. The molecule has 3 heteroatoms. The van der Waals surface area contributed by atoms with Crippen LogP contribution in [0.5, 0.6) is 0 Å². The summed E-state index contributed by atoms with van der Waals surface area (Å²) >= 11 is 11.5. The molecule has 0 spiro atoms. The second-order valence-corrected chi connectivity index (χ2v) is 4.37. The second kappa shape index (κ2) is 5.35. The van der Waals surface area contributed by atoms with Crippen LogP contribution in [0.4, 0.5) is 0 Å². The maximum Gasteiger partial charge on any atom is 0.193 e. The summed E-state index contributed by atoms with van der Waals surface area (Å²) in [5, 5.41) is 0.624. The predicted molar refractivity (Wildman–Crippen MR) is 70.9 cm³/mol. The minimum Gasteiger partial charge on any atom is -0.289 e. The third kappa shape index (κ3) is 2.87. The summed E-state index contributed by atoms with van der Waals surface area (Å²) in [6, 6.07) is 14.2. The van der Waals surface area contributed by atoms with Crippen molar-refractivity contribution in [2.24, 2.45) is 0 Å². The monoisotopic (exact) mass is 264 g/mol. The van der Waals surface area contributed by atoms with Gasteiger partial charge >= 0.3 is 0 Å². The first-order valence-corrected chi connectivity index (χ1v) is 6.07. The van der Waals surface area contributed by atoms with Gasteiger partial charge in [-0.25, -0.2) is 0 Å². The molecule has 0 aromatic heterocycles. The summed E-state index contributed by atoms with van der Waals surface area (Å²) in [5.41, 5.74) is 2.29. The van der Waals surface area contributed by atoms with Crippen LogP contribution in [0, 0.1) is 0 Å². The van der Waals surface area contributed by atoms with Gasteiger partial charge in [0.15, 0.2) is 5.78 Å². The van der Waals surface area contributed by atoms with E-state index >= 15 is 0 Å². The van der Waals surface area contributed by atoms with Gasteiger partial charge in [0.25, 0.3) is 0 Å². The van der Waals surface area contributed by atoms with Gasteiger partial charge in [-0.05, 0) is 29.8 Å². The molecule has 0 N–H and O–H groups in total. The molecule has 1 nitrogen and oxygen atoms in total. The molecule has 0 amide bonds. The number of halogens is 2. The molecule has 2 aromatic carbocycles. The summed E-state index contributed by atoms with van der Waals surface area (Å²) in [5.74, 6) is 0.442. The lowest BCUT2D eigenvalue weighted by atomic mass is 10.0. The standard InChI is InChI=1S/C14H10Cl2O/c15-9-10-1-3-11(4-2-10)14(17)12-5-7-13(16)8-6-12/h1-8H,9H2. The number of ketones is 1. The summed E-state index contributed by atoms with van der Waals surface area (Å²) in [4.78, 5) is 12.1. The van der Waals surface area contributed by atoms with Gasteiger partial charge in [-0.2, -0.15) is 0 Å². The highest BCUT2D eigenvalue weighted by Crippen LogP contribution is 2.15. The zero-order valence-electron chi connectivity index (χ0n) is 8.99. The van der Waals surface area contributed by atoms with Crippen LogP contribution in [-0.4, -0.2) is 5.78 Å². The van der Waals surface area contributed by atoms with Gasteiger partial charge in [0, 0.05) is 22.0 Å². The zero-order chi connectivity index (χ0) is 12.3. The van der Waals surface area contributed by atoms with Crippen molar-refractivity contribution in [3.63, 3.8) is 0 Å². The molecule has 0 saturated carbocycles. The maximum absolute atomic E-state index is 12.1. The van der Waals surface area contributed by atoms with Gasteiger partial charge in [-0.3, -0.25) is 4.79 Å². The average Bonchev–Trinajstić information content (AvgIpc) is 2.39. The fourth-order valence-electron chi connectivity index (χ4n) is 1.51. The Bertz CT molecular complexity index is 515. The lowest BCUT2D eigenvalue weighted by molar-refractivity contribution is 0.103. The molecule has 0 saturated heterocycles. The highest BCUT2D eigenvalue weighted by molar-refractivity contribution is 6.30. The first-order chi connectivity index (χ1) is 8.20. The number of hydrogen-bond donors (Lipinski definition) is 0. The molecule has 0 aliphatic carbocycles. The molecular formula is C14H10Cl2O. The van der Waals surface area contributed by atoms with Crippen LogP contribution in [0.25, 0.3) is 0 Å². The minimum atomic E-state index is -0.0113. The molecular weight excluding hydrogens is 255 g/mol. The van der Waals surface area contributed by atoms with Crippen molar-refractivity contribution in [3.05, 3.63) is 70.2 Å². The molecule has 86 valence electrons. The van der Waals surface area contributed by atoms with Crippen LogP contribution >= 0.6 is 23.2 Å². The Kier molecular flexibility index (Phi) is 3.82. The average molecular weight is 265 g/mol. The summed E-state index contributed by atoms with van der Waals surface area (Å²) < 4.78 is 0. The van der Waals surface area contributed by atoms with Gasteiger partial charge in [0.2, 0.25) is 0 Å². The molecule has 0 aliphatic rings. The van der Waals surface area contributed by atoms with Crippen molar-refractivity contribution in [3.8, 4) is 0 Å². The Morgan fingerprint density at radius 3 is 1.82 bits per heavy atom. The van der Waals surface area contributed by atoms with Gasteiger partial charge in [-0.1, -0.05) is 35.9 Å². The van der Waals surface area contributed by atoms with Crippen LogP contribution in [-0.2, 0) is 5.88 Å². The minimum absolute atomic E-state index is 0.0113. The molecule has 0 atom stereocenters. The number of hydrogen-bond acceptors (Lipinski definition) is 1. The van der Waals surface area contributed by atoms with Crippen molar-refractivity contribution < 1.29 is 4.79 Å². The van der Waals surface area contributed by atoms with E-state index in [1.807, 2.05) is 12.1 Å². The summed E-state index contributed by atoms with van der Waals surface area (Å²) in [6.45, 7) is 0. The lowest BCUT2D eigenvalue weighted by Crippen LogP contribution is -2.00. The lowest BCUT2D eigenvalue weighted by Gasteiger charge is -2.02. The number of rotatable bonds is 3. The van der Waals surface area contributed by atoms with Crippen molar-refractivity contribution in [2.75, 3.05) is 0 Å². The fraction of sp³-hybridized carbons (Fsp3) is 0.0714. The molecule has 17 heavy (non-hydrogen) atoms. The number of benzene rings is 2. The molecule has 0 heterocycles. The Morgan fingerprint density at radius 2 is 1.35 bits per heavy atom. The van der Waals surface area contributed by atoms with Gasteiger partial charge < -0.3 is 0 Å². The van der Waals surface area contributed by atoms with E-state index in [2.05, 4.69) is 0 Å². The van der Waals surface area contributed by atoms with E-state index in [0.717, 1.165) is 5.56 Å². The van der Waals surface area contributed by atoms with Crippen LogP contribution < -0.4 is 0 Å². The smallest absolute Gasteiger partial charge is 0.193 e. The molecule has 2 rings (SSSR count). The van der Waals surface area contributed by atoms with E-state index in [1.54, 1.807) is 36.4 Å². The Hall–Kier alpha value is -1.31. The van der Waals surface area contributed by atoms with E-state index in [9.17, 15) is 4.79 Å². The van der Waals surface area contributed by atoms with Gasteiger partial charge in [0.1, 0.15) is 0 Å². The maximum atomic E-state index is 12.1. The Morgan fingerprint density at radius 1 is 0.882 bits per heavy atom. The normalized spacial score (nSPS) is 10.2. The van der Waals surface area contributed by atoms with Gasteiger partial charge in [-0.15, -0.1) is 11.6 Å². The number of carbonyl (C=O) groups is 1. The molecule has 0 fully saturated rings. The van der Waals surface area contributed by atoms with Crippen molar-refractivity contribution >= 4 is 29.0 Å². The largest absolute Gasteiger partial charge is 0.289 e. The first kappa shape index (κ1) is 12.2. The van der Waals surface area contributed by atoms with Crippen LogP contribution in [0.3, 0.4) is 0 Å². The SMILES string of the molecule is O=C(c1ccc(Cl)cc1)c1ccc(CCl)cc1. The first-order valence-electron chi connectivity index (χ1n) is 5.16. The topological polar surface area (TPSA) is 17.1 Å². The third-order valence-corrected chi connectivity index (χ3v) is 3.04. The van der Waals surface area contributed by atoms with E-state index < -0.39 is 0 Å². The third-order valence-electron chi connectivity index (χ3n) is 2.48. The molecule has 2 aromatic rings. The number of alkyl halides is 1. The fourth-order valence-corrected chi connectivity index (χ4v) is 1.82. The highest BCUT2D eigenvalue weighted by Gasteiger charge is 2.08. The highest BCUT2D eigenvalue weighted by atomic mass is 35.5. The Labute approximate surface area is 110 Å². The molecule has 0 radical (unpaired) electrons. The second-order valence-electron chi connectivity index (χ2n) is 3.67.